The van der Waals surface area contributed by atoms with Crippen LogP contribution in [0.25, 0.3) is 0 Å². The highest BCUT2D eigenvalue weighted by Gasteiger charge is 2.09. The van der Waals surface area contributed by atoms with E-state index in [1.165, 1.54) is 4.68 Å². The number of hydrogen-bond acceptors (Lipinski definition) is 3. The first-order valence-electron chi connectivity index (χ1n) is 4.89. The highest BCUT2D eigenvalue weighted by atomic mass is 79.9. The van der Waals surface area contributed by atoms with Crippen LogP contribution in [0.3, 0.4) is 0 Å². The van der Waals surface area contributed by atoms with Crippen molar-refractivity contribution in [2.75, 3.05) is 0 Å². The molecule has 5 nitrogen and oxygen atoms in total. The highest BCUT2D eigenvalue weighted by Crippen LogP contribution is 2.16. The zero-order chi connectivity index (χ0) is 12.6. The average molecular weight is 362 g/mol. The molecule has 2 heterocycles. The van der Waals surface area contributed by atoms with Crippen molar-refractivity contribution in [1.29, 1.82) is 0 Å². The number of rotatable bonds is 2. The van der Waals surface area contributed by atoms with Crippen molar-refractivity contribution in [2.24, 2.45) is 7.05 Å². The summed E-state index contributed by atoms with van der Waals surface area (Å²) in [7, 11) is 1.85. The summed E-state index contributed by atoms with van der Waals surface area (Å²) < 4.78 is 4.27. The molecule has 0 amide bonds. The fourth-order valence-electron chi connectivity index (χ4n) is 1.52. The molecule has 0 aliphatic carbocycles. The van der Waals surface area contributed by atoms with Crippen LogP contribution in [0.4, 0.5) is 0 Å². The predicted octanol–water partition coefficient (Wildman–Crippen LogP) is 1.86. The van der Waals surface area contributed by atoms with Crippen molar-refractivity contribution in [3.63, 3.8) is 0 Å². The summed E-state index contributed by atoms with van der Waals surface area (Å²) >= 11 is 6.47. The summed E-state index contributed by atoms with van der Waals surface area (Å²) in [5.74, 6) is 0. The molecule has 17 heavy (non-hydrogen) atoms. The van der Waals surface area contributed by atoms with Gasteiger partial charge < -0.3 is 0 Å². The second-order valence-electron chi connectivity index (χ2n) is 3.67. The van der Waals surface area contributed by atoms with Gasteiger partial charge in [-0.05, 0) is 44.8 Å². The third kappa shape index (κ3) is 2.50. The van der Waals surface area contributed by atoms with Gasteiger partial charge in [0, 0.05) is 7.05 Å². The van der Waals surface area contributed by atoms with Crippen LogP contribution in [0.15, 0.2) is 26.0 Å². The van der Waals surface area contributed by atoms with E-state index in [0.29, 0.717) is 15.5 Å². The molecule has 2 rings (SSSR count). The molecule has 0 aliphatic rings. The van der Waals surface area contributed by atoms with Crippen LogP contribution >= 0.6 is 31.9 Å². The summed E-state index contributed by atoms with van der Waals surface area (Å²) in [6.07, 6.45) is 1.59. The van der Waals surface area contributed by atoms with E-state index in [-0.39, 0.29) is 5.56 Å². The third-order valence-electron chi connectivity index (χ3n) is 2.35. The number of aromatic nitrogens is 4. The van der Waals surface area contributed by atoms with E-state index < -0.39 is 0 Å². The Bertz CT molecular complexity index is 617. The molecule has 7 heteroatoms. The summed E-state index contributed by atoms with van der Waals surface area (Å²) in [4.78, 5) is 11.9. The van der Waals surface area contributed by atoms with Gasteiger partial charge >= 0.3 is 0 Å². The van der Waals surface area contributed by atoms with E-state index in [1.54, 1.807) is 10.9 Å². The Kier molecular flexibility index (Phi) is 3.48. The zero-order valence-electron chi connectivity index (χ0n) is 9.31. The molecule has 0 bridgehead atoms. The van der Waals surface area contributed by atoms with Crippen molar-refractivity contribution in [3.05, 3.63) is 43.0 Å². The van der Waals surface area contributed by atoms with Crippen molar-refractivity contribution < 1.29 is 0 Å². The SMILES string of the molecule is Cc1cc(Cn2ncc(Br)c(Br)c2=O)n(C)n1. The minimum atomic E-state index is -0.168. The van der Waals surface area contributed by atoms with Crippen LogP contribution in [0.5, 0.6) is 0 Å². The molecule has 0 saturated carbocycles. The fourth-order valence-corrected chi connectivity index (χ4v) is 2.09. The first kappa shape index (κ1) is 12.5. The molecule has 0 fully saturated rings. The number of halogens is 2. The van der Waals surface area contributed by atoms with Crippen molar-refractivity contribution in [1.82, 2.24) is 19.6 Å². The minimum Gasteiger partial charge on any atom is -0.270 e. The Hall–Kier alpha value is -0.950. The monoisotopic (exact) mass is 360 g/mol. The average Bonchev–Trinajstić information content (AvgIpc) is 2.58. The van der Waals surface area contributed by atoms with Crippen LogP contribution in [0.2, 0.25) is 0 Å². The molecule has 2 aromatic heterocycles. The van der Waals surface area contributed by atoms with Crippen molar-refractivity contribution in [3.8, 4) is 0 Å². The summed E-state index contributed by atoms with van der Waals surface area (Å²) in [5.41, 5.74) is 1.69. The fraction of sp³-hybridized carbons (Fsp3) is 0.300. The molecule has 0 unspecified atom stereocenters. The van der Waals surface area contributed by atoms with E-state index in [1.807, 2.05) is 20.0 Å². The van der Waals surface area contributed by atoms with E-state index in [2.05, 4.69) is 42.1 Å². The maximum absolute atomic E-state index is 11.9. The van der Waals surface area contributed by atoms with E-state index in [9.17, 15) is 4.79 Å². The smallest absolute Gasteiger partial charge is 0.270 e. The first-order chi connectivity index (χ1) is 7.99. The van der Waals surface area contributed by atoms with Crippen LogP contribution in [-0.4, -0.2) is 19.6 Å². The van der Waals surface area contributed by atoms with E-state index in [0.717, 1.165) is 11.4 Å². The normalized spacial score (nSPS) is 10.8. The molecule has 0 aliphatic heterocycles. The summed E-state index contributed by atoms with van der Waals surface area (Å²) in [5, 5.41) is 8.30. The topological polar surface area (TPSA) is 52.7 Å². The molecular weight excluding hydrogens is 352 g/mol. The first-order valence-corrected chi connectivity index (χ1v) is 6.48. The van der Waals surface area contributed by atoms with Gasteiger partial charge in [-0.15, -0.1) is 0 Å². The van der Waals surface area contributed by atoms with Gasteiger partial charge in [-0.25, -0.2) is 4.68 Å². The molecule has 0 radical (unpaired) electrons. The second kappa shape index (κ2) is 4.73. The van der Waals surface area contributed by atoms with Gasteiger partial charge in [0.25, 0.3) is 5.56 Å². The Morgan fingerprint density at radius 2 is 2.12 bits per heavy atom. The lowest BCUT2D eigenvalue weighted by atomic mass is 10.3. The lowest BCUT2D eigenvalue weighted by Crippen LogP contribution is -2.25. The standard InChI is InChI=1S/C10H10Br2N4O/c1-6-3-7(15(2)14-6)5-16-10(17)9(12)8(11)4-13-16/h3-4H,5H2,1-2H3. The van der Waals surface area contributed by atoms with Gasteiger partial charge in [0.15, 0.2) is 0 Å². The van der Waals surface area contributed by atoms with Crippen LogP contribution < -0.4 is 5.56 Å². The lowest BCUT2D eigenvalue weighted by Gasteiger charge is -2.05. The molecule has 0 spiro atoms. The van der Waals surface area contributed by atoms with Gasteiger partial charge in [-0.1, -0.05) is 0 Å². The molecular formula is C10H10Br2N4O. The van der Waals surface area contributed by atoms with Crippen molar-refractivity contribution in [2.45, 2.75) is 13.5 Å². The Morgan fingerprint density at radius 3 is 2.71 bits per heavy atom. The maximum Gasteiger partial charge on any atom is 0.282 e. The Balaban J connectivity index is 2.41. The van der Waals surface area contributed by atoms with E-state index >= 15 is 0 Å². The Labute approximate surface area is 115 Å². The predicted molar refractivity (Wildman–Crippen MR) is 70.9 cm³/mol. The van der Waals surface area contributed by atoms with Gasteiger partial charge in [0.1, 0.15) is 4.47 Å². The van der Waals surface area contributed by atoms with Gasteiger partial charge in [0.05, 0.1) is 28.6 Å². The number of nitrogens with zero attached hydrogens (tertiary/aromatic N) is 4. The quantitative estimate of drug-likeness (QED) is 0.820. The number of aryl methyl sites for hydroxylation is 2. The van der Waals surface area contributed by atoms with Crippen molar-refractivity contribution >= 4 is 31.9 Å². The molecule has 0 atom stereocenters. The van der Waals surface area contributed by atoms with Gasteiger partial charge in [-0.2, -0.15) is 10.2 Å². The molecule has 0 N–H and O–H groups in total. The van der Waals surface area contributed by atoms with Crippen LogP contribution in [0, 0.1) is 6.92 Å². The molecule has 2 aromatic rings. The second-order valence-corrected chi connectivity index (χ2v) is 5.32. The zero-order valence-corrected chi connectivity index (χ0v) is 12.5. The molecule has 0 aromatic carbocycles. The van der Waals surface area contributed by atoms with Crippen LogP contribution in [0.1, 0.15) is 11.4 Å². The van der Waals surface area contributed by atoms with Gasteiger partial charge in [0.2, 0.25) is 0 Å². The highest BCUT2D eigenvalue weighted by molar-refractivity contribution is 9.13. The molecule has 90 valence electrons. The third-order valence-corrected chi connectivity index (χ3v) is 4.25. The maximum atomic E-state index is 11.9. The van der Waals surface area contributed by atoms with E-state index in [4.69, 9.17) is 0 Å². The molecule has 0 saturated heterocycles. The summed E-state index contributed by atoms with van der Waals surface area (Å²) in [6, 6.07) is 1.93. The number of hydrogen-bond donors (Lipinski definition) is 0. The minimum absolute atomic E-state index is 0.168. The van der Waals surface area contributed by atoms with Gasteiger partial charge in [-0.3, -0.25) is 9.48 Å². The summed E-state index contributed by atoms with van der Waals surface area (Å²) in [6.45, 7) is 2.32. The largest absolute Gasteiger partial charge is 0.282 e. The van der Waals surface area contributed by atoms with Crippen LogP contribution in [-0.2, 0) is 13.6 Å². The lowest BCUT2D eigenvalue weighted by molar-refractivity contribution is 0.587. The Morgan fingerprint density at radius 1 is 1.41 bits per heavy atom.